The average molecular weight is 553 g/mol. The largest absolute Gasteiger partial charge is 0.394 e. The van der Waals surface area contributed by atoms with Crippen LogP contribution < -0.4 is 4.90 Å². The summed E-state index contributed by atoms with van der Waals surface area (Å²) >= 11 is 6.38. The van der Waals surface area contributed by atoms with E-state index in [1.807, 2.05) is 18.2 Å². The van der Waals surface area contributed by atoms with E-state index in [0.717, 1.165) is 48.8 Å². The van der Waals surface area contributed by atoms with Gasteiger partial charge in [0.15, 0.2) is 5.82 Å². The van der Waals surface area contributed by atoms with Crippen LogP contribution in [0.5, 0.6) is 0 Å². The van der Waals surface area contributed by atoms with Crippen LogP contribution in [0.2, 0.25) is 5.02 Å². The predicted octanol–water partition coefficient (Wildman–Crippen LogP) is 4.77. The van der Waals surface area contributed by atoms with E-state index < -0.39 is 17.1 Å². The summed E-state index contributed by atoms with van der Waals surface area (Å²) in [6, 6.07) is 9.42. The summed E-state index contributed by atoms with van der Waals surface area (Å²) in [7, 11) is 0. The lowest BCUT2D eigenvalue weighted by Crippen LogP contribution is -2.78. The molecule has 2 aromatic heterocycles. The molecule has 6 aliphatic rings. The van der Waals surface area contributed by atoms with Gasteiger partial charge < -0.3 is 4.90 Å². The van der Waals surface area contributed by atoms with Gasteiger partial charge in [-0.15, -0.1) is 10.2 Å². The summed E-state index contributed by atoms with van der Waals surface area (Å²) in [5.74, 6) is 2.51. The minimum absolute atomic E-state index is 0.156. The van der Waals surface area contributed by atoms with Crippen LogP contribution in [0.25, 0.3) is 5.69 Å². The van der Waals surface area contributed by atoms with Gasteiger partial charge in [-0.1, -0.05) is 11.6 Å². The van der Waals surface area contributed by atoms with E-state index in [1.54, 1.807) is 12.3 Å². The molecule has 5 fully saturated rings. The zero-order chi connectivity index (χ0) is 26.8. The molecule has 2 aliphatic heterocycles. The fourth-order valence-corrected chi connectivity index (χ4v) is 8.09. The molecule has 9 rings (SSSR count). The van der Waals surface area contributed by atoms with Crippen LogP contribution in [0.3, 0.4) is 0 Å². The number of aromatic nitrogens is 5. The van der Waals surface area contributed by atoms with Crippen LogP contribution in [0, 0.1) is 22.2 Å². The average Bonchev–Trinajstić information content (AvgIpc) is 3.10. The van der Waals surface area contributed by atoms with Gasteiger partial charge in [0.1, 0.15) is 17.6 Å². The van der Waals surface area contributed by atoms with Crippen molar-refractivity contribution in [2.45, 2.75) is 62.8 Å². The van der Waals surface area contributed by atoms with Gasteiger partial charge in [0.05, 0.1) is 17.6 Å². The summed E-state index contributed by atoms with van der Waals surface area (Å²) < 4.78 is 42.9. The number of fused-ring (bicyclic) bond motifs is 3. The molecule has 200 valence electrons. The second-order valence-electron chi connectivity index (χ2n) is 12.3. The van der Waals surface area contributed by atoms with E-state index in [0.29, 0.717) is 29.8 Å². The van der Waals surface area contributed by atoms with Gasteiger partial charge in [0.25, 0.3) is 0 Å². The third-order valence-electron chi connectivity index (χ3n) is 9.82. The first-order valence-electron chi connectivity index (χ1n) is 13.1. The van der Waals surface area contributed by atoms with Crippen molar-refractivity contribution < 1.29 is 13.2 Å². The SMILES string of the molecule is N#Cc1ccnc(N2CC3(CC(c4nnc5n4-c4ccc(Cl)cc4CN(C46CC(C(F)(F)F)(C4)C6)C5)C3)C2)n1. The summed E-state index contributed by atoms with van der Waals surface area (Å²) in [4.78, 5) is 12.9. The Morgan fingerprint density at radius 3 is 2.54 bits per heavy atom. The number of rotatable bonds is 3. The van der Waals surface area contributed by atoms with Crippen molar-refractivity contribution in [2.75, 3.05) is 18.0 Å². The van der Waals surface area contributed by atoms with Crippen molar-refractivity contribution in [3.63, 3.8) is 0 Å². The quantitative estimate of drug-likeness (QED) is 0.463. The molecule has 0 unspecified atom stereocenters. The van der Waals surface area contributed by atoms with E-state index in [2.05, 4.69) is 40.6 Å². The lowest BCUT2D eigenvalue weighted by atomic mass is 9.38. The fraction of sp³-hybridized carbons (Fsp3) is 0.519. The molecule has 0 radical (unpaired) electrons. The summed E-state index contributed by atoms with van der Waals surface area (Å²) in [6.45, 7) is 2.68. The molecule has 1 spiro atoms. The van der Waals surface area contributed by atoms with Gasteiger partial charge >= 0.3 is 6.18 Å². The maximum absolute atomic E-state index is 13.6. The first-order valence-corrected chi connectivity index (χ1v) is 13.5. The van der Waals surface area contributed by atoms with Crippen LogP contribution in [0.15, 0.2) is 30.5 Å². The summed E-state index contributed by atoms with van der Waals surface area (Å²) in [6.07, 6.45) is -0.135. The molecule has 8 nitrogen and oxygen atoms in total. The number of nitriles is 1. The fourth-order valence-electron chi connectivity index (χ4n) is 7.89. The van der Waals surface area contributed by atoms with Gasteiger partial charge in [-0.05, 0) is 61.9 Å². The zero-order valence-electron chi connectivity index (χ0n) is 20.9. The number of alkyl halides is 3. The van der Waals surface area contributed by atoms with Gasteiger partial charge in [-0.3, -0.25) is 9.47 Å². The number of benzene rings is 1. The van der Waals surface area contributed by atoms with E-state index in [-0.39, 0.29) is 30.6 Å². The van der Waals surface area contributed by atoms with Crippen LogP contribution in [-0.4, -0.2) is 54.4 Å². The maximum atomic E-state index is 13.6. The van der Waals surface area contributed by atoms with Crippen LogP contribution in [0.4, 0.5) is 19.1 Å². The summed E-state index contributed by atoms with van der Waals surface area (Å²) in [5, 5.41) is 18.9. The number of anilines is 1. The smallest absolute Gasteiger partial charge is 0.340 e. The molecule has 0 amide bonds. The Balaban J connectivity index is 1.04. The van der Waals surface area contributed by atoms with Gasteiger partial charge in [0, 0.05) is 47.7 Å². The molecular formula is C27H24ClF3N8. The second-order valence-corrected chi connectivity index (χ2v) is 12.7. The van der Waals surface area contributed by atoms with Crippen molar-refractivity contribution >= 4 is 17.5 Å². The van der Waals surface area contributed by atoms with Crippen molar-refractivity contribution in [3.8, 4) is 11.8 Å². The Hall–Kier alpha value is -3.23. The molecule has 0 atom stereocenters. The van der Waals surface area contributed by atoms with Crippen molar-refractivity contribution in [1.29, 1.82) is 5.26 Å². The van der Waals surface area contributed by atoms with Crippen LogP contribution in [0.1, 0.15) is 60.9 Å². The molecule has 1 saturated heterocycles. The highest BCUT2D eigenvalue weighted by Crippen LogP contribution is 2.75. The third-order valence-corrected chi connectivity index (χ3v) is 10.1. The molecule has 39 heavy (non-hydrogen) atoms. The number of nitrogens with zero attached hydrogens (tertiary/aromatic N) is 8. The number of halogens is 4. The first kappa shape index (κ1) is 23.6. The van der Waals surface area contributed by atoms with E-state index >= 15 is 0 Å². The lowest BCUT2D eigenvalue weighted by molar-refractivity contribution is -0.364. The molecule has 1 aromatic carbocycles. The van der Waals surface area contributed by atoms with Gasteiger partial charge in [-0.25, -0.2) is 9.97 Å². The maximum Gasteiger partial charge on any atom is 0.394 e. The molecule has 0 N–H and O–H groups in total. The second kappa shape index (κ2) is 7.49. The minimum atomic E-state index is -4.14. The first-order chi connectivity index (χ1) is 18.6. The van der Waals surface area contributed by atoms with Gasteiger partial charge in [0.2, 0.25) is 5.95 Å². The van der Waals surface area contributed by atoms with Crippen molar-refractivity contribution in [3.05, 3.63) is 58.4 Å². The molecule has 3 aromatic rings. The lowest BCUT2D eigenvalue weighted by Gasteiger charge is -2.73. The van der Waals surface area contributed by atoms with Gasteiger partial charge in [-0.2, -0.15) is 18.4 Å². The molecule has 12 heteroatoms. The number of hydrogen-bond donors (Lipinski definition) is 0. The molecule has 2 bridgehead atoms. The Labute approximate surface area is 227 Å². The topological polar surface area (TPSA) is 86.8 Å². The van der Waals surface area contributed by atoms with Crippen LogP contribution >= 0.6 is 11.6 Å². The molecule has 4 aliphatic carbocycles. The number of hydrogen-bond acceptors (Lipinski definition) is 7. The summed E-state index contributed by atoms with van der Waals surface area (Å²) in [5.41, 5.74) is 0.544. The van der Waals surface area contributed by atoms with E-state index in [1.165, 1.54) is 0 Å². The Bertz CT molecular complexity index is 1540. The molecular weight excluding hydrogens is 529 g/mol. The zero-order valence-corrected chi connectivity index (χ0v) is 21.7. The highest BCUT2D eigenvalue weighted by Gasteiger charge is 2.80. The van der Waals surface area contributed by atoms with Crippen molar-refractivity contribution in [1.82, 2.24) is 29.6 Å². The van der Waals surface area contributed by atoms with Crippen LogP contribution in [-0.2, 0) is 13.1 Å². The third kappa shape index (κ3) is 3.21. The normalized spacial score (nSPS) is 28.7. The monoisotopic (exact) mass is 552 g/mol. The van der Waals surface area contributed by atoms with Crippen molar-refractivity contribution in [2.24, 2.45) is 10.8 Å². The Morgan fingerprint density at radius 2 is 1.82 bits per heavy atom. The predicted molar refractivity (Wildman–Crippen MR) is 134 cm³/mol. The highest BCUT2D eigenvalue weighted by atomic mass is 35.5. The Kier molecular flexibility index (Phi) is 4.54. The highest BCUT2D eigenvalue weighted by molar-refractivity contribution is 6.30. The molecule has 4 saturated carbocycles. The standard InChI is InChI=1S/C27H24ClF3N8/c28-18-1-2-20-16(5-18)9-38(26-11-25(12-26,13-26)27(29,30)31)10-21-35-36-22(39(20)21)17-6-24(7-17)14-37(15-24)23-33-4-3-19(8-32)34-23/h1-5,17H,6-7,9-15H2. The Morgan fingerprint density at radius 1 is 1.05 bits per heavy atom. The molecule has 4 heterocycles. The van der Waals surface area contributed by atoms with E-state index in [4.69, 9.17) is 16.9 Å². The minimum Gasteiger partial charge on any atom is -0.340 e. The van der Waals surface area contributed by atoms with E-state index in [9.17, 15) is 13.2 Å².